The molecule has 0 aliphatic heterocycles. The average molecular weight is 752 g/mol. The van der Waals surface area contributed by atoms with E-state index in [9.17, 15) is 5.26 Å². The lowest BCUT2D eigenvalue weighted by molar-refractivity contribution is 0.590. The normalized spacial score (nSPS) is 13.0. The van der Waals surface area contributed by atoms with Crippen LogP contribution in [0.25, 0.3) is 66.1 Å². The molecule has 288 valence electrons. The highest BCUT2D eigenvalue weighted by atomic mass is 19.1. The van der Waals surface area contributed by atoms with Crippen LogP contribution in [0.4, 0.5) is 4.39 Å². The summed E-state index contributed by atoms with van der Waals surface area (Å²) in [6.45, 7) is 27.0. The summed E-state index contributed by atoms with van der Waals surface area (Å²) in [5, 5.41) is 16.0. The van der Waals surface area contributed by atoms with Crippen molar-refractivity contribution >= 4 is 43.6 Å². The number of fused-ring (bicyclic) bond motifs is 6. The molecule has 8 rings (SSSR count). The Labute approximate surface area is 337 Å². The fraction of sp³-hybridized carbons (Fsp3) is 0.302. The van der Waals surface area contributed by atoms with Crippen LogP contribution >= 0.6 is 0 Å². The lowest BCUT2D eigenvalue weighted by atomic mass is 9.85. The predicted molar refractivity (Wildman–Crippen MR) is 240 cm³/mol. The molecule has 0 bridgehead atoms. The summed E-state index contributed by atoms with van der Waals surface area (Å²) in [6.07, 6.45) is 0. The monoisotopic (exact) mass is 751 g/mol. The number of hydrogen-bond donors (Lipinski definition) is 0. The Hall–Kier alpha value is -5.66. The third kappa shape index (κ3) is 6.52. The summed E-state index contributed by atoms with van der Waals surface area (Å²) in [4.78, 5) is 0. The number of hydrogen-bond acceptors (Lipinski definition) is 1. The molecule has 2 heterocycles. The van der Waals surface area contributed by atoms with E-state index in [4.69, 9.17) is 0 Å². The van der Waals surface area contributed by atoms with E-state index in [-0.39, 0.29) is 27.5 Å². The van der Waals surface area contributed by atoms with Crippen LogP contribution in [0.3, 0.4) is 0 Å². The Balaban J connectivity index is 1.55. The Kier molecular flexibility index (Phi) is 8.67. The molecule has 0 fully saturated rings. The first kappa shape index (κ1) is 38.2. The van der Waals surface area contributed by atoms with Gasteiger partial charge in [-0.3, -0.25) is 0 Å². The van der Waals surface area contributed by atoms with E-state index >= 15 is 4.39 Å². The van der Waals surface area contributed by atoms with Crippen LogP contribution in [-0.4, -0.2) is 9.13 Å². The smallest absolute Gasteiger partial charge is 0.123 e. The zero-order valence-electron chi connectivity index (χ0n) is 35.6. The molecule has 0 amide bonds. The van der Waals surface area contributed by atoms with Crippen molar-refractivity contribution in [1.82, 2.24) is 9.13 Å². The maximum absolute atomic E-state index is 15.1. The van der Waals surface area contributed by atoms with Crippen LogP contribution in [0.15, 0.2) is 109 Å². The van der Waals surface area contributed by atoms with Crippen LogP contribution in [0.1, 0.15) is 111 Å². The molecule has 0 unspecified atom stereocenters. The molecule has 3 nitrogen and oxygen atoms in total. The Morgan fingerprint density at radius 1 is 0.421 bits per heavy atom. The number of nitrogens with zero attached hydrogens (tertiary/aromatic N) is 3. The van der Waals surface area contributed by atoms with Crippen molar-refractivity contribution in [3.05, 3.63) is 143 Å². The maximum atomic E-state index is 15.1. The van der Waals surface area contributed by atoms with Crippen molar-refractivity contribution in [2.75, 3.05) is 0 Å². The van der Waals surface area contributed by atoms with Crippen molar-refractivity contribution in [2.45, 2.75) is 105 Å². The van der Waals surface area contributed by atoms with E-state index < -0.39 is 0 Å². The van der Waals surface area contributed by atoms with Gasteiger partial charge in [-0.1, -0.05) is 119 Å². The van der Waals surface area contributed by atoms with Gasteiger partial charge in [-0.15, -0.1) is 0 Å². The molecule has 4 heteroatoms. The molecule has 0 radical (unpaired) electrons. The van der Waals surface area contributed by atoms with Gasteiger partial charge in [-0.05, 0) is 128 Å². The standard InChI is InChI=1S/C53H54FN3/c1-50(2,3)34-16-20-44-39(27-34)40-28-35(51(4,5)6)17-21-45(40)56(44)48-25-33(32-14-13-15-38(54)24-32)26-49(43(48)31-55)57-46-22-18-36(52(7,8)9)29-41(46)42-30-37(53(10,11)12)19-23-47(42)57/h13-30H,1-12H3. The minimum atomic E-state index is -0.303. The molecule has 57 heavy (non-hydrogen) atoms. The first-order chi connectivity index (χ1) is 26.6. The van der Waals surface area contributed by atoms with Gasteiger partial charge in [0.05, 0.1) is 33.4 Å². The lowest BCUT2D eigenvalue weighted by Gasteiger charge is -2.21. The molecule has 0 atom stereocenters. The van der Waals surface area contributed by atoms with Gasteiger partial charge in [0.15, 0.2) is 0 Å². The molecule has 0 aliphatic rings. The van der Waals surface area contributed by atoms with Crippen molar-refractivity contribution in [2.24, 2.45) is 0 Å². The molecule has 0 aliphatic carbocycles. The molecular weight excluding hydrogens is 698 g/mol. The van der Waals surface area contributed by atoms with Crippen LogP contribution in [-0.2, 0) is 21.7 Å². The molecule has 0 saturated carbocycles. The van der Waals surface area contributed by atoms with E-state index in [0.29, 0.717) is 5.56 Å². The second-order valence-corrected chi connectivity index (χ2v) is 20.1. The summed E-state index contributed by atoms with van der Waals surface area (Å²) in [5.41, 5.74) is 12.5. The maximum Gasteiger partial charge on any atom is 0.123 e. The number of halogens is 1. The van der Waals surface area contributed by atoms with Crippen molar-refractivity contribution < 1.29 is 4.39 Å². The predicted octanol–water partition coefficient (Wildman–Crippen LogP) is 14.7. The van der Waals surface area contributed by atoms with Gasteiger partial charge >= 0.3 is 0 Å². The van der Waals surface area contributed by atoms with Crippen molar-refractivity contribution in [3.8, 4) is 28.6 Å². The van der Waals surface area contributed by atoms with Gasteiger partial charge in [-0.25, -0.2) is 4.39 Å². The lowest BCUT2D eigenvalue weighted by Crippen LogP contribution is -2.11. The molecule has 0 N–H and O–H groups in total. The Morgan fingerprint density at radius 2 is 0.754 bits per heavy atom. The highest BCUT2D eigenvalue weighted by Gasteiger charge is 2.26. The minimum Gasteiger partial charge on any atom is -0.308 e. The van der Waals surface area contributed by atoms with E-state index in [1.54, 1.807) is 12.1 Å². The molecule has 0 spiro atoms. The SMILES string of the molecule is CC(C)(C)c1ccc2c(c1)c1cc(C(C)(C)C)ccc1n2-c1cc(-c2cccc(F)c2)cc(-n2c3ccc(C(C)(C)C)cc3c3cc(C(C)(C)C)ccc32)c1C#N. The van der Waals surface area contributed by atoms with E-state index in [1.807, 2.05) is 6.07 Å². The van der Waals surface area contributed by atoms with Gasteiger partial charge < -0.3 is 9.13 Å². The fourth-order valence-electron chi connectivity index (χ4n) is 8.35. The third-order valence-corrected chi connectivity index (χ3v) is 11.8. The number of rotatable bonds is 3. The van der Waals surface area contributed by atoms with Crippen molar-refractivity contribution in [3.63, 3.8) is 0 Å². The topological polar surface area (TPSA) is 33.6 Å². The number of benzene rings is 6. The second-order valence-electron chi connectivity index (χ2n) is 20.1. The van der Waals surface area contributed by atoms with E-state index in [2.05, 4.69) is 183 Å². The summed E-state index contributed by atoms with van der Waals surface area (Å²) in [7, 11) is 0. The summed E-state index contributed by atoms with van der Waals surface area (Å²) in [5.74, 6) is -0.303. The molecule has 6 aromatic carbocycles. The zero-order chi connectivity index (χ0) is 41.0. The highest BCUT2D eigenvalue weighted by Crippen LogP contribution is 2.43. The van der Waals surface area contributed by atoms with E-state index in [0.717, 1.165) is 66.1 Å². The number of aromatic nitrogens is 2. The van der Waals surface area contributed by atoms with Gasteiger partial charge in [0.2, 0.25) is 0 Å². The Bertz CT molecular complexity index is 2640. The Morgan fingerprint density at radius 3 is 1.04 bits per heavy atom. The molecular formula is C53H54FN3. The van der Waals surface area contributed by atoms with Crippen LogP contribution in [0.5, 0.6) is 0 Å². The van der Waals surface area contributed by atoms with Gasteiger partial charge in [0.25, 0.3) is 0 Å². The quantitative estimate of drug-likeness (QED) is 0.177. The first-order valence-corrected chi connectivity index (χ1v) is 20.2. The second kappa shape index (κ2) is 12.9. The van der Waals surface area contributed by atoms with E-state index in [1.165, 1.54) is 28.3 Å². The van der Waals surface area contributed by atoms with Gasteiger partial charge in [0, 0.05) is 21.5 Å². The molecule has 0 saturated heterocycles. The summed E-state index contributed by atoms with van der Waals surface area (Å²) >= 11 is 0. The van der Waals surface area contributed by atoms with Gasteiger partial charge in [0.1, 0.15) is 17.4 Å². The molecule has 2 aromatic heterocycles. The largest absolute Gasteiger partial charge is 0.308 e. The van der Waals surface area contributed by atoms with Crippen LogP contribution < -0.4 is 0 Å². The highest BCUT2D eigenvalue weighted by molar-refractivity contribution is 6.12. The third-order valence-electron chi connectivity index (χ3n) is 11.8. The first-order valence-electron chi connectivity index (χ1n) is 20.2. The zero-order valence-corrected chi connectivity index (χ0v) is 35.6. The molecule has 8 aromatic rings. The van der Waals surface area contributed by atoms with Crippen LogP contribution in [0.2, 0.25) is 0 Å². The van der Waals surface area contributed by atoms with Gasteiger partial charge in [-0.2, -0.15) is 5.26 Å². The number of nitriles is 1. The minimum absolute atomic E-state index is 0.0528. The summed E-state index contributed by atoms with van der Waals surface area (Å²) in [6, 6.07) is 40.7. The van der Waals surface area contributed by atoms with Crippen LogP contribution in [0, 0.1) is 17.1 Å². The summed E-state index contributed by atoms with van der Waals surface area (Å²) < 4.78 is 19.6. The fourth-order valence-corrected chi connectivity index (χ4v) is 8.35. The van der Waals surface area contributed by atoms with Crippen molar-refractivity contribution in [1.29, 1.82) is 5.26 Å². The average Bonchev–Trinajstić information content (AvgIpc) is 3.64.